The monoisotopic (exact) mass is 333 g/mol. The van der Waals surface area contributed by atoms with Crippen molar-refractivity contribution in [2.24, 2.45) is 0 Å². The number of hydrogen-bond donors (Lipinski definition) is 1. The number of benzene rings is 1. The third kappa shape index (κ3) is 4.13. The molecule has 0 spiro atoms. The fraction of sp³-hybridized carbons (Fsp3) is 0.176. The summed E-state index contributed by atoms with van der Waals surface area (Å²) in [6.07, 6.45) is 0.686. The number of nitrogens with zero attached hydrogens (tertiary/aromatic N) is 2. The number of alkyl halides is 3. The van der Waals surface area contributed by atoms with Crippen molar-refractivity contribution in [1.29, 1.82) is 0 Å². The maximum absolute atomic E-state index is 12.4. The third-order valence-corrected chi connectivity index (χ3v) is 3.53. The maximum atomic E-state index is 12.4. The van der Waals surface area contributed by atoms with Crippen LogP contribution in [0.15, 0.2) is 61.2 Å². The number of ether oxygens (including phenoxy) is 1. The maximum Gasteiger partial charge on any atom is 0.573 e. The SMILES string of the molecule is FC(F)(F)Oc1cccc([C@H](Cc2ccccn2)c2cnc[nH]2)c1. The van der Waals surface area contributed by atoms with Gasteiger partial charge >= 0.3 is 6.36 Å². The van der Waals surface area contributed by atoms with Gasteiger partial charge in [-0.1, -0.05) is 18.2 Å². The number of rotatable bonds is 5. The van der Waals surface area contributed by atoms with Crippen molar-refractivity contribution in [2.45, 2.75) is 18.7 Å². The highest BCUT2D eigenvalue weighted by atomic mass is 19.4. The molecule has 0 saturated carbocycles. The van der Waals surface area contributed by atoms with Crippen molar-refractivity contribution in [1.82, 2.24) is 15.0 Å². The van der Waals surface area contributed by atoms with Gasteiger partial charge in [0.25, 0.3) is 0 Å². The van der Waals surface area contributed by atoms with E-state index in [2.05, 4.69) is 19.7 Å². The van der Waals surface area contributed by atoms with E-state index in [4.69, 9.17) is 0 Å². The summed E-state index contributed by atoms with van der Waals surface area (Å²) < 4.78 is 41.4. The fourth-order valence-electron chi connectivity index (χ4n) is 2.52. The van der Waals surface area contributed by atoms with Crippen LogP contribution in [-0.2, 0) is 6.42 Å². The van der Waals surface area contributed by atoms with Crippen LogP contribution in [0.4, 0.5) is 13.2 Å². The van der Waals surface area contributed by atoms with Crippen molar-refractivity contribution in [2.75, 3.05) is 0 Å². The smallest absolute Gasteiger partial charge is 0.406 e. The molecule has 1 aromatic carbocycles. The molecule has 3 rings (SSSR count). The van der Waals surface area contributed by atoms with Gasteiger partial charge in [0, 0.05) is 36.1 Å². The van der Waals surface area contributed by atoms with Gasteiger partial charge in [-0.25, -0.2) is 4.98 Å². The number of nitrogens with one attached hydrogen (secondary N) is 1. The predicted molar refractivity (Wildman–Crippen MR) is 81.5 cm³/mol. The normalized spacial score (nSPS) is 12.8. The number of H-pyrrole nitrogens is 1. The lowest BCUT2D eigenvalue weighted by Crippen LogP contribution is -2.17. The van der Waals surface area contributed by atoms with Crippen molar-refractivity contribution in [3.05, 3.63) is 78.1 Å². The molecule has 0 aliphatic rings. The van der Waals surface area contributed by atoms with Gasteiger partial charge in [0.15, 0.2) is 0 Å². The zero-order valence-electron chi connectivity index (χ0n) is 12.5. The molecule has 0 fully saturated rings. The molecule has 0 aliphatic carbocycles. The quantitative estimate of drug-likeness (QED) is 0.765. The van der Waals surface area contributed by atoms with E-state index in [1.165, 1.54) is 24.5 Å². The van der Waals surface area contributed by atoms with Gasteiger partial charge in [0.2, 0.25) is 0 Å². The van der Waals surface area contributed by atoms with Gasteiger partial charge in [0.1, 0.15) is 5.75 Å². The van der Waals surface area contributed by atoms with E-state index in [1.54, 1.807) is 18.5 Å². The predicted octanol–water partition coefficient (Wildman–Crippen LogP) is 4.08. The van der Waals surface area contributed by atoms with Gasteiger partial charge < -0.3 is 9.72 Å². The molecule has 7 heteroatoms. The highest BCUT2D eigenvalue weighted by molar-refractivity contribution is 5.36. The second-order valence-corrected chi connectivity index (χ2v) is 5.21. The fourth-order valence-corrected chi connectivity index (χ4v) is 2.52. The Labute approximate surface area is 136 Å². The lowest BCUT2D eigenvalue weighted by Gasteiger charge is -2.17. The topological polar surface area (TPSA) is 50.8 Å². The number of aromatic nitrogens is 3. The Morgan fingerprint density at radius 2 is 2.00 bits per heavy atom. The van der Waals surface area contributed by atoms with Crippen LogP contribution in [0, 0.1) is 0 Å². The van der Waals surface area contributed by atoms with Gasteiger partial charge in [-0.3, -0.25) is 4.98 Å². The molecule has 1 atom stereocenters. The standard InChI is InChI=1S/C17H14F3N3O/c18-17(19,20)24-14-6-3-4-12(8-14)15(16-10-21-11-23-16)9-13-5-1-2-7-22-13/h1-8,10-11,15H,9H2,(H,21,23)/t15-/m0/s1. The zero-order valence-corrected chi connectivity index (χ0v) is 12.5. The Bertz CT molecular complexity index is 773. The summed E-state index contributed by atoms with van der Waals surface area (Å²) in [7, 11) is 0. The molecule has 0 radical (unpaired) electrons. The molecular formula is C17H14F3N3O. The van der Waals surface area contributed by atoms with E-state index in [0.29, 0.717) is 12.0 Å². The second kappa shape index (κ2) is 6.74. The molecule has 3 aromatic rings. The molecule has 0 aliphatic heterocycles. The van der Waals surface area contributed by atoms with Gasteiger partial charge in [-0.2, -0.15) is 0 Å². The summed E-state index contributed by atoms with van der Waals surface area (Å²) >= 11 is 0. The molecule has 4 nitrogen and oxygen atoms in total. The molecule has 0 bridgehead atoms. The molecule has 1 N–H and O–H groups in total. The largest absolute Gasteiger partial charge is 0.573 e. The van der Waals surface area contributed by atoms with Crippen LogP contribution in [-0.4, -0.2) is 21.3 Å². The summed E-state index contributed by atoms with van der Waals surface area (Å²) in [6, 6.07) is 11.5. The van der Waals surface area contributed by atoms with E-state index >= 15 is 0 Å². The molecule has 124 valence electrons. The summed E-state index contributed by atoms with van der Waals surface area (Å²) in [5.41, 5.74) is 2.32. The number of pyridine rings is 1. The minimum atomic E-state index is -4.72. The summed E-state index contributed by atoms with van der Waals surface area (Å²) in [5, 5.41) is 0. The highest BCUT2D eigenvalue weighted by Gasteiger charge is 2.31. The Kier molecular flexibility index (Phi) is 4.50. The molecule has 0 unspecified atom stereocenters. The van der Waals surface area contributed by atoms with Crippen LogP contribution in [0.2, 0.25) is 0 Å². The zero-order chi connectivity index (χ0) is 17.0. The average Bonchev–Trinajstić information content (AvgIpc) is 3.06. The van der Waals surface area contributed by atoms with E-state index < -0.39 is 6.36 Å². The highest BCUT2D eigenvalue weighted by Crippen LogP contribution is 2.31. The first-order valence-corrected chi connectivity index (χ1v) is 7.25. The minimum absolute atomic E-state index is 0.209. The average molecular weight is 333 g/mol. The number of hydrogen-bond acceptors (Lipinski definition) is 3. The summed E-state index contributed by atoms with van der Waals surface area (Å²) in [6.45, 7) is 0. The van der Waals surface area contributed by atoms with Crippen molar-refractivity contribution >= 4 is 0 Å². The Hall–Kier alpha value is -2.83. The Morgan fingerprint density at radius 1 is 1.12 bits per heavy atom. The number of halogens is 3. The van der Waals surface area contributed by atoms with Crippen LogP contribution >= 0.6 is 0 Å². The number of aromatic amines is 1. The van der Waals surface area contributed by atoms with Crippen LogP contribution in [0.5, 0.6) is 5.75 Å². The van der Waals surface area contributed by atoms with E-state index in [1.807, 2.05) is 18.2 Å². The first kappa shape index (κ1) is 16.0. The Balaban J connectivity index is 1.93. The molecule has 0 amide bonds. The molecular weight excluding hydrogens is 319 g/mol. The van der Waals surface area contributed by atoms with Crippen molar-refractivity contribution in [3.63, 3.8) is 0 Å². The Morgan fingerprint density at radius 3 is 2.67 bits per heavy atom. The van der Waals surface area contributed by atoms with E-state index in [0.717, 1.165) is 11.4 Å². The summed E-state index contributed by atoms with van der Waals surface area (Å²) in [5.74, 6) is -0.454. The second-order valence-electron chi connectivity index (χ2n) is 5.21. The van der Waals surface area contributed by atoms with Crippen LogP contribution in [0.3, 0.4) is 0 Å². The number of imidazole rings is 1. The lowest BCUT2D eigenvalue weighted by atomic mass is 9.91. The third-order valence-electron chi connectivity index (χ3n) is 3.53. The minimum Gasteiger partial charge on any atom is -0.406 e. The molecule has 2 heterocycles. The van der Waals surface area contributed by atoms with Crippen LogP contribution < -0.4 is 4.74 Å². The van der Waals surface area contributed by atoms with Crippen LogP contribution in [0.1, 0.15) is 22.9 Å². The van der Waals surface area contributed by atoms with Crippen molar-refractivity contribution in [3.8, 4) is 5.75 Å². The molecule has 24 heavy (non-hydrogen) atoms. The van der Waals surface area contributed by atoms with Crippen molar-refractivity contribution < 1.29 is 17.9 Å². The first-order valence-electron chi connectivity index (χ1n) is 7.25. The summed E-state index contributed by atoms with van der Waals surface area (Å²) in [4.78, 5) is 11.3. The first-order chi connectivity index (χ1) is 11.5. The van der Waals surface area contributed by atoms with Crippen LogP contribution in [0.25, 0.3) is 0 Å². The molecule has 2 aromatic heterocycles. The molecule has 0 saturated heterocycles. The van der Waals surface area contributed by atoms with E-state index in [-0.39, 0.29) is 11.7 Å². The van der Waals surface area contributed by atoms with E-state index in [9.17, 15) is 13.2 Å². The van der Waals surface area contributed by atoms with Gasteiger partial charge in [-0.15, -0.1) is 13.2 Å². The lowest BCUT2D eigenvalue weighted by molar-refractivity contribution is -0.274. The van der Waals surface area contributed by atoms with Gasteiger partial charge in [0.05, 0.1) is 6.33 Å². The van der Waals surface area contributed by atoms with Gasteiger partial charge in [-0.05, 0) is 29.8 Å².